The van der Waals surface area contributed by atoms with E-state index >= 15 is 0 Å². The predicted molar refractivity (Wildman–Crippen MR) is 96.6 cm³/mol. The van der Waals surface area contributed by atoms with Gasteiger partial charge in [-0.15, -0.1) is 11.8 Å². The van der Waals surface area contributed by atoms with Crippen LogP contribution in [0.5, 0.6) is 0 Å². The van der Waals surface area contributed by atoms with Gasteiger partial charge < -0.3 is 4.52 Å². The first-order valence-corrected chi connectivity index (χ1v) is 9.39. The molecule has 0 fully saturated rings. The molecule has 0 bridgehead atoms. The molecule has 0 aliphatic rings. The minimum absolute atomic E-state index is 0.604. The maximum Gasteiger partial charge on any atom is 0.258 e. The summed E-state index contributed by atoms with van der Waals surface area (Å²) in [6, 6.07) is 16.9. The number of fused-ring (bicyclic) bond motifs is 1. The number of aromatic nitrogens is 2. The van der Waals surface area contributed by atoms with Crippen LogP contribution in [0.3, 0.4) is 0 Å². The number of thioether (sulfide) groups is 1. The first kappa shape index (κ1) is 14.5. The molecule has 0 N–H and O–H groups in total. The smallest absolute Gasteiger partial charge is 0.258 e. The van der Waals surface area contributed by atoms with E-state index in [4.69, 9.17) is 4.52 Å². The van der Waals surface area contributed by atoms with Crippen molar-refractivity contribution >= 4 is 33.9 Å². The van der Waals surface area contributed by atoms with Crippen LogP contribution in [0.1, 0.15) is 11.4 Å². The molecule has 0 amide bonds. The number of hydrogen-bond donors (Lipinski definition) is 0. The van der Waals surface area contributed by atoms with Crippen molar-refractivity contribution in [2.75, 3.05) is 0 Å². The van der Waals surface area contributed by atoms with Gasteiger partial charge in [0.15, 0.2) is 5.82 Å². The molecule has 0 aliphatic carbocycles. The van der Waals surface area contributed by atoms with Crippen LogP contribution < -0.4 is 0 Å². The maximum absolute atomic E-state index is 5.31. The summed E-state index contributed by atoms with van der Waals surface area (Å²) < 4.78 is 5.31. The van der Waals surface area contributed by atoms with Gasteiger partial charge in [-0.2, -0.15) is 16.3 Å². The van der Waals surface area contributed by atoms with Crippen molar-refractivity contribution in [3.63, 3.8) is 0 Å². The quantitative estimate of drug-likeness (QED) is 0.489. The van der Waals surface area contributed by atoms with Crippen molar-refractivity contribution in [1.82, 2.24) is 10.1 Å². The molecule has 23 heavy (non-hydrogen) atoms. The molecule has 4 aromatic rings. The average molecular weight is 338 g/mol. The van der Waals surface area contributed by atoms with E-state index in [0.29, 0.717) is 5.89 Å². The van der Waals surface area contributed by atoms with Crippen LogP contribution in [0, 0.1) is 0 Å². The van der Waals surface area contributed by atoms with Gasteiger partial charge in [-0.3, -0.25) is 0 Å². The van der Waals surface area contributed by atoms with Crippen molar-refractivity contribution in [1.29, 1.82) is 0 Å². The van der Waals surface area contributed by atoms with Crippen molar-refractivity contribution in [3.8, 4) is 11.5 Å². The highest BCUT2D eigenvalue weighted by Crippen LogP contribution is 2.25. The second kappa shape index (κ2) is 6.56. The van der Waals surface area contributed by atoms with Crippen LogP contribution in [0.15, 0.2) is 63.8 Å². The van der Waals surface area contributed by atoms with Gasteiger partial charge in [-0.25, -0.2) is 0 Å². The topological polar surface area (TPSA) is 38.9 Å². The van der Waals surface area contributed by atoms with Crippen molar-refractivity contribution in [2.45, 2.75) is 11.5 Å². The van der Waals surface area contributed by atoms with E-state index in [1.807, 2.05) is 16.8 Å². The van der Waals surface area contributed by atoms with Gasteiger partial charge in [0.25, 0.3) is 5.89 Å². The van der Waals surface area contributed by atoms with Gasteiger partial charge in [0, 0.05) is 11.1 Å². The lowest BCUT2D eigenvalue weighted by Gasteiger charge is -2.05. The monoisotopic (exact) mass is 338 g/mol. The number of thiophene rings is 1. The Hall–Kier alpha value is -2.11. The fourth-order valence-electron chi connectivity index (χ4n) is 2.49. The molecule has 0 saturated heterocycles. The van der Waals surface area contributed by atoms with Gasteiger partial charge in [0.1, 0.15) is 0 Å². The fourth-order valence-corrected chi connectivity index (χ4v) is 3.99. The van der Waals surface area contributed by atoms with E-state index < -0.39 is 0 Å². The van der Waals surface area contributed by atoms with Crippen molar-refractivity contribution in [2.24, 2.45) is 0 Å². The third-order valence-electron chi connectivity index (χ3n) is 3.60. The minimum atomic E-state index is 0.604. The summed E-state index contributed by atoms with van der Waals surface area (Å²) >= 11 is 3.43. The number of hydrogen-bond acceptors (Lipinski definition) is 5. The third kappa shape index (κ3) is 3.16. The van der Waals surface area contributed by atoms with E-state index in [0.717, 1.165) is 22.9 Å². The summed E-state index contributed by atoms with van der Waals surface area (Å²) in [5.74, 6) is 3.03. The molecule has 0 unspecified atom stereocenters. The molecule has 4 rings (SSSR count). The molecule has 0 radical (unpaired) electrons. The van der Waals surface area contributed by atoms with Crippen LogP contribution in [-0.2, 0) is 11.5 Å². The standard InChI is InChI=1S/C18H14N2OS2/c1-2-7-16-13(4-1)5-3-6-14(16)10-23-12-17-19-18(21-20-17)15-8-9-22-11-15/h1-9,11H,10,12H2. The van der Waals surface area contributed by atoms with Gasteiger partial charge in [-0.05, 0) is 27.8 Å². The summed E-state index contributed by atoms with van der Waals surface area (Å²) in [5, 5.41) is 10.7. The molecule has 3 nitrogen and oxygen atoms in total. The molecule has 0 atom stereocenters. The minimum Gasteiger partial charge on any atom is -0.334 e. The Morgan fingerprint density at radius 3 is 2.83 bits per heavy atom. The molecule has 0 aliphatic heterocycles. The van der Waals surface area contributed by atoms with Crippen LogP contribution in [-0.4, -0.2) is 10.1 Å². The summed E-state index contributed by atoms with van der Waals surface area (Å²) in [6.07, 6.45) is 0. The lowest BCUT2D eigenvalue weighted by atomic mass is 10.1. The Morgan fingerprint density at radius 2 is 1.91 bits per heavy atom. The first-order chi connectivity index (χ1) is 11.4. The molecule has 0 spiro atoms. The highest BCUT2D eigenvalue weighted by atomic mass is 32.2. The summed E-state index contributed by atoms with van der Waals surface area (Å²) in [5.41, 5.74) is 2.34. The molecule has 2 aromatic carbocycles. The third-order valence-corrected chi connectivity index (χ3v) is 5.27. The Labute approximate surface area is 142 Å². The lowest BCUT2D eigenvalue weighted by Crippen LogP contribution is -1.87. The molecule has 0 saturated carbocycles. The summed E-state index contributed by atoms with van der Waals surface area (Å²) in [7, 11) is 0. The first-order valence-electron chi connectivity index (χ1n) is 7.30. The molecule has 2 heterocycles. The van der Waals surface area contributed by atoms with Crippen LogP contribution >= 0.6 is 23.1 Å². The molecular formula is C18H14N2OS2. The highest BCUT2D eigenvalue weighted by molar-refractivity contribution is 7.97. The second-order valence-corrected chi connectivity index (χ2v) is 6.92. The zero-order chi connectivity index (χ0) is 15.5. The molecule has 2 aromatic heterocycles. The van der Waals surface area contributed by atoms with E-state index in [2.05, 4.69) is 52.6 Å². The number of benzene rings is 2. The SMILES string of the molecule is c1ccc2c(CSCc3noc(-c4ccsc4)n3)cccc2c1. The average Bonchev–Trinajstić information content (AvgIpc) is 3.26. The summed E-state index contributed by atoms with van der Waals surface area (Å²) in [6.45, 7) is 0. The van der Waals surface area contributed by atoms with E-state index in [9.17, 15) is 0 Å². The Morgan fingerprint density at radius 1 is 1.00 bits per heavy atom. The number of rotatable bonds is 5. The van der Waals surface area contributed by atoms with E-state index in [-0.39, 0.29) is 0 Å². The van der Waals surface area contributed by atoms with E-state index in [1.165, 1.54) is 16.3 Å². The maximum atomic E-state index is 5.31. The van der Waals surface area contributed by atoms with Gasteiger partial charge in [0.05, 0.1) is 11.3 Å². The Bertz CT molecular complexity index is 910. The van der Waals surface area contributed by atoms with Crippen molar-refractivity contribution < 1.29 is 4.52 Å². The van der Waals surface area contributed by atoms with Crippen LogP contribution in [0.25, 0.3) is 22.2 Å². The van der Waals surface area contributed by atoms with Gasteiger partial charge in [-0.1, -0.05) is 47.6 Å². The van der Waals surface area contributed by atoms with Crippen LogP contribution in [0.4, 0.5) is 0 Å². The predicted octanol–water partition coefficient (Wildman–Crippen LogP) is 5.38. The van der Waals surface area contributed by atoms with Crippen molar-refractivity contribution in [3.05, 3.63) is 70.7 Å². The van der Waals surface area contributed by atoms with Crippen LogP contribution in [0.2, 0.25) is 0 Å². The second-order valence-electron chi connectivity index (χ2n) is 5.16. The zero-order valence-corrected chi connectivity index (χ0v) is 13.9. The largest absolute Gasteiger partial charge is 0.334 e. The normalized spacial score (nSPS) is 11.1. The highest BCUT2D eigenvalue weighted by Gasteiger charge is 2.09. The molecule has 114 valence electrons. The lowest BCUT2D eigenvalue weighted by molar-refractivity contribution is 0.425. The Balaban J connectivity index is 1.44. The molecule has 5 heteroatoms. The van der Waals surface area contributed by atoms with E-state index in [1.54, 1.807) is 23.1 Å². The van der Waals surface area contributed by atoms with Gasteiger partial charge in [0.2, 0.25) is 0 Å². The van der Waals surface area contributed by atoms with Gasteiger partial charge >= 0.3 is 0 Å². The Kier molecular flexibility index (Phi) is 4.13. The number of nitrogens with zero attached hydrogens (tertiary/aromatic N) is 2. The zero-order valence-electron chi connectivity index (χ0n) is 12.3. The summed E-state index contributed by atoms with van der Waals surface area (Å²) in [4.78, 5) is 4.45. The fraction of sp³-hybridized carbons (Fsp3) is 0.111. The molecular weight excluding hydrogens is 324 g/mol.